The molecular formula is C24H14N10O2. The van der Waals surface area contributed by atoms with Gasteiger partial charge in [-0.05, 0) is 23.6 Å². The van der Waals surface area contributed by atoms with Crippen molar-refractivity contribution < 1.29 is 9.90 Å². The smallest absolute Gasteiger partial charge is 0.260 e. The summed E-state index contributed by atoms with van der Waals surface area (Å²) in [6.45, 7) is 0. The number of pyridine rings is 1. The maximum Gasteiger partial charge on any atom is 0.260 e. The number of benzene rings is 2. The first-order valence-corrected chi connectivity index (χ1v) is 10.4. The summed E-state index contributed by atoms with van der Waals surface area (Å²) in [6, 6.07) is 17.6. The predicted molar refractivity (Wildman–Crippen MR) is 127 cm³/mol. The maximum atomic E-state index is 13.0. The Kier molecular flexibility index (Phi) is 5.59. The number of rotatable bonds is 5. The second-order valence-corrected chi connectivity index (χ2v) is 7.36. The fourth-order valence-electron chi connectivity index (χ4n) is 3.50. The predicted octanol–water partition coefficient (Wildman–Crippen LogP) is 4.26. The van der Waals surface area contributed by atoms with Gasteiger partial charge < -0.3 is 10.4 Å². The van der Waals surface area contributed by atoms with Crippen LogP contribution >= 0.6 is 0 Å². The number of nitrogens with one attached hydrogen (secondary N) is 2. The monoisotopic (exact) mass is 474 g/mol. The van der Waals surface area contributed by atoms with Crippen molar-refractivity contribution in [2.75, 3.05) is 5.32 Å². The third-order valence-electron chi connectivity index (χ3n) is 5.21. The van der Waals surface area contributed by atoms with Crippen molar-refractivity contribution in [2.45, 2.75) is 0 Å². The summed E-state index contributed by atoms with van der Waals surface area (Å²) in [5, 5.41) is 52.3. The molecule has 36 heavy (non-hydrogen) atoms. The standard InChI is InChI=1S/C24H14N10O2/c25-10-15-12-28-32-22(15)30-24(36)18-9-14-5-1-2-6-17(14)20(21(18)35)31-33-23-16(11-26)13-29-34(23)19-7-3-4-8-27-19/h1-9,12-13,35H,(H2,28,30,32,36). The SMILES string of the molecule is N#Cc1cn[nH]c1NC(=O)c1cc2ccccc2c(N=Nc2c(C#N)cnn2-c2ccccn2)c1O. The zero-order chi connectivity index (χ0) is 25.1. The molecule has 0 unspecified atom stereocenters. The number of aromatic hydroxyl groups is 1. The molecule has 3 heterocycles. The number of phenols is 1. The number of nitriles is 2. The molecule has 0 saturated carbocycles. The summed E-state index contributed by atoms with van der Waals surface area (Å²) in [5.74, 6) is -0.507. The van der Waals surface area contributed by atoms with Gasteiger partial charge in [-0.3, -0.25) is 9.89 Å². The van der Waals surface area contributed by atoms with Crippen LogP contribution in [0.3, 0.4) is 0 Å². The molecule has 0 saturated heterocycles. The number of carbonyl (C=O) groups excluding carboxylic acids is 1. The number of aromatic amines is 1. The van der Waals surface area contributed by atoms with E-state index in [1.54, 1.807) is 48.7 Å². The minimum atomic E-state index is -0.688. The minimum absolute atomic E-state index is 0.0148. The summed E-state index contributed by atoms with van der Waals surface area (Å²) in [7, 11) is 0. The molecule has 2 aromatic carbocycles. The van der Waals surface area contributed by atoms with Crippen LogP contribution in [0.25, 0.3) is 16.6 Å². The summed E-state index contributed by atoms with van der Waals surface area (Å²) >= 11 is 0. The average Bonchev–Trinajstić information content (AvgIpc) is 3.54. The first-order valence-electron chi connectivity index (χ1n) is 10.4. The van der Waals surface area contributed by atoms with Crippen LogP contribution < -0.4 is 5.32 Å². The van der Waals surface area contributed by atoms with Crippen molar-refractivity contribution in [1.29, 1.82) is 10.5 Å². The number of carbonyl (C=O) groups is 1. The Morgan fingerprint density at radius 2 is 1.86 bits per heavy atom. The molecule has 12 nitrogen and oxygen atoms in total. The van der Waals surface area contributed by atoms with Crippen LogP contribution in [0.15, 0.2) is 77.3 Å². The average molecular weight is 474 g/mol. The molecule has 0 aliphatic heterocycles. The van der Waals surface area contributed by atoms with Gasteiger partial charge in [0.15, 0.2) is 17.4 Å². The van der Waals surface area contributed by atoms with Gasteiger partial charge in [-0.1, -0.05) is 30.3 Å². The Balaban J connectivity index is 1.62. The minimum Gasteiger partial charge on any atom is -0.505 e. The quantitative estimate of drug-likeness (QED) is 0.318. The van der Waals surface area contributed by atoms with Gasteiger partial charge in [-0.25, -0.2) is 4.98 Å². The van der Waals surface area contributed by atoms with E-state index in [9.17, 15) is 15.2 Å². The molecule has 5 rings (SSSR count). The molecule has 0 atom stereocenters. The summed E-state index contributed by atoms with van der Waals surface area (Å²) in [5.41, 5.74) is 0.196. The number of anilines is 1. The highest BCUT2D eigenvalue weighted by atomic mass is 16.3. The number of H-pyrrole nitrogens is 1. The summed E-state index contributed by atoms with van der Waals surface area (Å²) < 4.78 is 1.35. The molecule has 12 heteroatoms. The zero-order valence-electron chi connectivity index (χ0n) is 18.3. The van der Waals surface area contributed by atoms with Crippen molar-refractivity contribution in [2.24, 2.45) is 10.2 Å². The summed E-state index contributed by atoms with van der Waals surface area (Å²) in [6.07, 6.45) is 4.18. The van der Waals surface area contributed by atoms with Crippen LogP contribution in [0.5, 0.6) is 5.75 Å². The van der Waals surface area contributed by atoms with Gasteiger partial charge in [0.05, 0.1) is 18.0 Å². The highest BCUT2D eigenvalue weighted by Crippen LogP contribution is 2.40. The molecule has 0 fully saturated rings. The molecular weight excluding hydrogens is 460 g/mol. The lowest BCUT2D eigenvalue weighted by Crippen LogP contribution is -2.13. The van der Waals surface area contributed by atoms with E-state index in [0.717, 1.165) is 0 Å². The molecule has 3 N–H and O–H groups in total. The molecule has 0 bridgehead atoms. The molecule has 0 aliphatic carbocycles. The number of nitrogens with zero attached hydrogens (tertiary/aromatic N) is 8. The number of aromatic nitrogens is 5. The van der Waals surface area contributed by atoms with Gasteiger partial charge in [-0.2, -0.15) is 25.4 Å². The normalized spacial score (nSPS) is 10.8. The third kappa shape index (κ3) is 3.87. The highest BCUT2D eigenvalue weighted by molar-refractivity contribution is 6.11. The Hall–Kier alpha value is -5.88. The van der Waals surface area contributed by atoms with Crippen molar-refractivity contribution >= 4 is 34.0 Å². The Bertz CT molecular complexity index is 1720. The van der Waals surface area contributed by atoms with E-state index in [2.05, 4.69) is 35.8 Å². The van der Waals surface area contributed by atoms with E-state index in [1.165, 1.54) is 23.1 Å². The molecule has 3 aromatic heterocycles. The van der Waals surface area contributed by atoms with E-state index in [0.29, 0.717) is 16.6 Å². The molecule has 172 valence electrons. The van der Waals surface area contributed by atoms with Gasteiger partial charge in [0.1, 0.15) is 34.8 Å². The topological polar surface area (TPSA) is 181 Å². The van der Waals surface area contributed by atoms with Crippen molar-refractivity contribution in [3.8, 4) is 23.7 Å². The van der Waals surface area contributed by atoms with Crippen molar-refractivity contribution in [1.82, 2.24) is 25.0 Å². The lowest BCUT2D eigenvalue weighted by Gasteiger charge is -2.10. The van der Waals surface area contributed by atoms with Gasteiger partial charge in [0, 0.05) is 11.6 Å². The molecule has 0 aliphatic rings. The van der Waals surface area contributed by atoms with Gasteiger partial charge in [0.25, 0.3) is 5.91 Å². The molecule has 0 spiro atoms. The Labute approximate surface area is 202 Å². The summed E-state index contributed by atoms with van der Waals surface area (Å²) in [4.78, 5) is 17.2. The lowest BCUT2D eigenvalue weighted by atomic mass is 10.0. The fraction of sp³-hybridized carbons (Fsp3) is 0. The first kappa shape index (κ1) is 21.9. The fourth-order valence-corrected chi connectivity index (χ4v) is 3.50. The largest absolute Gasteiger partial charge is 0.505 e. The maximum absolute atomic E-state index is 13.0. The zero-order valence-corrected chi connectivity index (χ0v) is 18.3. The van der Waals surface area contributed by atoms with Crippen molar-refractivity contribution in [3.05, 3.63) is 83.8 Å². The van der Waals surface area contributed by atoms with Gasteiger partial charge in [-0.15, -0.1) is 10.2 Å². The van der Waals surface area contributed by atoms with Crippen LogP contribution in [0.4, 0.5) is 17.3 Å². The second-order valence-electron chi connectivity index (χ2n) is 7.36. The number of hydrogen-bond acceptors (Lipinski definition) is 9. The molecule has 5 aromatic rings. The van der Waals surface area contributed by atoms with Crippen molar-refractivity contribution in [3.63, 3.8) is 0 Å². The van der Waals surface area contributed by atoms with Crippen LogP contribution in [0.2, 0.25) is 0 Å². The Morgan fingerprint density at radius 3 is 2.64 bits per heavy atom. The Morgan fingerprint density at radius 1 is 1.06 bits per heavy atom. The molecule has 1 amide bonds. The van der Waals surface area contributed by atoms with Gasteiger partial charge >= 0.3 is 0 Å². The van der Waals surface area contributed by atoms with E-state index in [1.807, 2.05) is 12.1 Å². The first-order chi connectivity index (χ1) is 17.6. The van der Waals surface area contributed by atoms with E-state index in [4.69, 9.17) is 5.26 Å². The molecule has 0 radical (unpaired) electrons. The second kappa shape index (κ2) is 9.17. The number of fused-ring (bicyclic) bond motifs is 1. The van der Waals surface area contributed by atoms with E-state index in [-0.39, 0.29) is 34.0 Å². The lowest BCUT2D eigenvalue weighted by molar-refractivity contribution is 0.102. The van der Waals surface area contributed by atoms with E-state index >= 15 is 0 Å². The number of hydrogen-bond donors (Lipinski definition) is 3. The number of amides is 1. The van der Waals surface area contributed by atoms with Gasteiger partial charge in [0.2, 0.25) is 0 Å². The van der Waals surface area contributed by atoms with Crippen LogP contribution in [0.1, 0.15) is 21.5 Å². The van der Waals surface area contributed by atoms with Crippen LogP contribution in [-0.2, 0) is 0 Å². The van der Waals surface area contributed by atoms with E-state index < -0.39 is 11.7 Å². The number of phenolic OH excluding ortho intramolecular Hbond substituents is 1. The number of azo groups is 1. The van der Waals surface area contributed by atoms with Crippen LogP contribution in [-0.4, -0.2) is 36.0 Å². The highest BCUT2D eigenvalue weighted by Gasteiger charge is 2.21. The third-order valence-corrected chi connectivity index (χ3v) is 5.21. The van der Waals surface area contributed by atoms with Crippen LogP contribution in [0, 0.1) is 22.7 Å².